The van der Waals surface area contributed by atoms with Gasteiger partial charge in [-0.2, -0.15) is 4.98 Å². The largest absolute Gasteiger partial charge is 0.494 e. The quantitative estimate of drug-likeness (QED) is 0.410. The molecule has 1 fully saturated rings. The first-order valence-corrected chi connectivity index (χ1v) is 11.6. The number of benzene rings is 2. The number of nitrogens with zero attached hydrogens (tertiary/aromatic N) is 3. The van der Waals surface area contributed by atoms with Crippen LogP contribution in [0.2, 0.25) is 0 Å². The van der Waals surface area contributed by atoms with Gasteiger partial charge in [0.2, 0.25) is 11.0 Å². The molecule has 4 rings (SSSR count). The van der Waals surface area contributed by atoms with E-state index in [1.165, 1.54) is 6.08 Å². The van der Waals surface area contributed by atoms with Crippen LogP contribution in [0.3, 0.4) is 0 Å². The zero-order chi connectivity index (χ0) is 24.1. The Hall–Kier alpha value is -3.76. The molecule has 10 heteroatoms. The summed E-state index contributed by atoms with van der Waals surface area (Å²) in [5.74, 6) is 0.568. The third-order valence-electron chi connectivity index (χ3n) is 5.37. The van der Waals surface area contributed by atoms with E-state index in [4.69, 9.17) is 9.47 Å². The number of thiazole rings is 1. The number of rotatable bonds is 8. The van der Waals surface area contributed by atoms with Gasteiger partial charge in [-0.25, -0.2) is 0 Å². The molecule has 0 aliphatic carbocycles. The summed E-state index contributed by atoms with van der Waals surface area (Å²) < 4.78 is 11.4. The summed E-state index contributed by atoms with van der Waals surface area (Å²) in [7, 11) is 3.75. The molecule has 1 aliphatic heterocycles. The molecule has 1 amide bonds. The van der Waals surface area contributed by atoms with Crippen molar-refractivity contribution in [2.24, 2.45) is 0 Å². The summed E-state index contributed by atoms with van der Waals surface area (Å²) in [6.07, 6.45) is 1.19. The van der Waals surface area contributed by atoms with Crippen LogP contribution in [-0.2, 0) is 4.79 Å². The van der Waals surface area contributed by atoms with Gasteiger partial charge in [-0.15, -0.1) is 0 Å². The molecule has 0 radical (unpaired) electrons. The number of nitrogens with one attached hydrogen (secondary N) is 2. The van der Waals surface area contributed by atoms with E-state index in [9.17, 15) is 9.90 Å². The second-order valence-corrected chi connectivity index (χ2v) is 8.71. The number of likely N-dealkylation sites (N-methyl/N-ethyl adjacent to an activating group) is 1. The highest BCUT2D eigenvalue weighted by atomic mass is 32.1. The van der Waals surface area contributed by atoms with Gasteiger partial charge in [0.1, 0.15) is 11.5 Å². The first-order valence-electron chi connectivity index (χ1n) is 10.7. The summed E-state index contributed by atoms with van der Waals surface area (Å²) in [5.41, 5.74) is 2.38. The van der Waals surface area contributed by atoms with Crippen LogP contribution in [0.25, 0.3) is 0 Å². The van der Waals surface area contributed by atoms with Crippen molar-refractivity contribution in [2.45, 2.75) is 0 Å². The van der Waals surface area contributed by atoms with E-state index in [0.717, 1.165) is 48.9 Å². The highest BCUT2D eigenvalue weighted by Crippen LogP contribution is 2.42. The van der Waals surface area contributed by atoms with Gasteiger partial charge in [0.25, 0.3) is 5.88 Å². The molecule has 3 N–H and O–H groups in total. The number of methoxy groups -OCH3 is 1. The molecule has 0 bridgehead atoms. The number of hydrogen-bond donors (Lipinski definition) is 3. The van der Waals surface area contributed by atoms with Gasteiger partial charge in [0.05, 0.1) is 12.8 Å². The fourth-order valence-electron chi connectivity index (χ4n) is 3.52. The van der Waals surface area contributed by atoms with Gasteiger partial charge in [-0.1, -0.05) is 24.0 Å². The van der Waals surface area contributed by atoms with Crippen LogP contribution in [0.1, 0.15) is 0 Å². The number of carbonyl (C=O) groups excluding carboxylic acids is 1. The van der Waals surface area contributed by atoms with Crippen LogP contribution < -0.4 is 25.0 Å². The first kappa shape index (κ1) is 23.4. The Labute approximate surface area is 202 Å². The lowest BCUT2D eigenvalue weighted by atomic mass is 10.2. The number of ether oxygens (including phenoxy) is 2. The number of anilines is 4. The monoisotopic (exact) mass is 481 g/mol. The highest BCUT2D eigenvalue weighted by molar-refractivity contribution is 7.17. The van der Waals surface area contributed by atoms with Crippen molar-refractivity contribution < 1.29 is 19.4 Å². The molecule has 178 valence electrons. The Kier molecular flexibility index (Phi) is 7.19. The van der Waals surface area contributed by atoms with Crippen LogP contribution in [0.15, 0.2) is 55.1 Å². The summed E-state index contributed by atoms with van der Waals surface area (Å²) in [5, 5.41) is 16.8. The second-order valence-electron chi connectivity index (χ2n) is 7.75. The number of hydrogen-bond acceptors (Lipinski definition) is 9. The molecule has 0 unspecified atom stereocenters. The summed E-state index contributed by atoms with van der Waals surface area (Å²) in [6.45, 7) is 7.41. The van der Waals surface area contributed by atoms with Gasteiger partial charge < -0.3 is 35.0 Å². The minimum absolute atomic E-state index is 0.225. The van der Waals surface area contributed by atoms with Crippen molar-refractivity contribution in [3.05, 3.63) is 55.1 Å². The van der Waals surface area contributed by atoms with Gasteiger partial charge >= 0.3 is 0 Å². The maximum atomic E-state index is 11.5. The standard InChI is InChI=1S/C24H27N5O4S/c1-4-21(30)25-16-6-5-7-18(14-16)33-23-22(31)27-24(34-23)26-19-9-8-17(15-20(19)32-3)29-12-10-28(2)11-13-29/h4-9,14-15,31H,1,10-13H2,2-3H3,(H,25,30)(H,26,27). The van der Waals surface area contributed by atoms with Crippen molar-refractivity contribution in [1.82, 2.24) is 9.88 Å². The molecule has 9 nitrogen and oxygen atoms in total. The Morgan fingerprint density at radius 2 is 2.00 bits per heavy atom. The predicted molar refractivity (Wildman–Crippen MR) is 135 cm³/mol. The molecule has 2 aromatic carbocycles. The lowest BCUT2D eigenvalue weighted by Crippen LogP contribution is -2.44. The van der Waals surface area contributed by atoms with Crippen molar-refractivity contribution in [2.75, 3.05) is 55.9 Å². The number of aromatic nitrogens is 1. The van der Waals surface area contributed by atoms with Crippen LogP contribution in [0, 0.1) is 0 Å². The highest BCUT2D eigenvalue weighted by Gasteiger charge is 2.18. The minimum atomic E-state index is -0.322. The zero-order valence-electron chi connectivity index (χ0n) is 19.1. The van der Waals surface area contributed by atoms with E-state index in [1.807, 2.05) is 18.2 Å². The van der Waals surface area contributed by atoms with Crippen LogP contribution in [0.5, 0.6) is 22.4 Å². The van der Waals surface area contributed by atoms with Crippen molar-refractivity contribution in [3.8, 4) is 22.4 Å². The number of amides is 1. The van der Waals surface area contributed by atoms with Crippen molar-refractivity contribution in [3.63, 3.8) is 0 Å². The summed E-state index contributed by atoms with van der Waals surface area (Å²) >= 11 is 1.16. The fraction of sp³-hybridized carbons (Fsp3) is 0.250. The lowest BCUT2D eigenvalue weighted by Gasteiger charge is -2.34. The maximum Gasteiger partial charge on any atom is 0.269 e. The first-order chi connectivity index (χ1) is 16.4. The van der Waals surface area contributed by atoms with Crippen LogP contribution in [-0.4, -0.2) is 61.2 Å². The third kappa shape index (κ3) is 5.59. The third-order valence-corrected chi connectivity index (χ3v) is 6.21. The summed E-state index contributed by atoms with van der Waals surface area (Å²) in [4.78, 5) is 20.3. The Morgan fingerprint density at radius 1 is 1.21 bits per heavy atom. The average molecular weight is 482 g/mol. The van der Waals surface area contributed by atoms with Crippen LogP contribution >= 0.6 is 11.3 Å². The van der Waals surface area contributed by atoms with E-state index < -0.39 is 0 Å². The van der Waals surface area contributed by atoms with Gasteiger partial charge in [0, 0.05) is 49.7 Å². The molecular formula is C24H27N5O4S. The van der Waals surface area contributed by atoms with Gasteiger partial charge in [0.15, 0.2) is 5.13 Å². The van der Waals surface area contributed by atoms with Crippen molar-refractivity contribution >= 4 is 39.4 Å². The second kappa shape index (κ2) is 10.4. The normalized spacial score (nSPS) is 13.9. The van der Waals surface area contributed by atoms with Crippen molar-refractivity contribution in [1.29, 1.82) is 0 Å². The predicted octanol–water partition coefficient (Wildman–Crippen LogP) is 4.27. The van der Waals surface area contributed by atoms with E-state index in [-0.39, 0.29) is 16.9 Å². The Morgan fingerprint density at radius 3 is 2.74 bits per heavy atom. The zero-order valence-corrected chi connectivity index (χ0v) is 19.9. The van der Waals surface area contributed by atoms with Crippen LogP contribution in [0.4, 0.5) is 22.2 Å². The summed E-state index contributed by atoms with van der Waals surface area (Å²) in [6, 6.07) is 12.8. The smallest absolute Gasteiger partial charge is 0.269 e. The molecule has 0 spiro atoms. The fourth-order valence-corrected chi connectivity index (χ4v) is 4.26. The Bertz CT molecular complexity index is 1170. The van der Waals surface area contributed by atoms with Gasteiger partial charge in [-0.05, 0) is 37.4 Å². The maximum absolute atomic E-state index is 11.5. The number of aromatic hydroxyl groups is 1. The molecule has 0 atom stereocenters. The molecule has 1 saturated heterocycles. The molecular weight excluding hydrogens is 454 g/mol. The topological polar surface area (TPSA) is 99.2 Å². The molecule has 2 heterocycles. The molecule has 0 saturated carbocycles. The molecule has 34 heavy (non-hydrogen) atoms. The minimum Gasteiger partial charge on any atom is -0.494 e. The number of piperazine rings is 1. The van der Waals surface area contributed by atoms with Gasteiger partial charge in [-0.3, -0.25) is 4.79 Å². The Balaban J connectivity index is 1.47. The van der Waals surface area contributed by atoms with E-state index in [1.54, 1.807) is 31.4 Å². The van der Waals surface area contributed by atoms with E-state index >= 15 is 0 Å². The SMILES string of the molecule is C=CC(=O)Nc1cccc(Oc2sc(Nc3ccc(N4CCN(C)CC4)cc3OC)nc2O)c1. The van der Waals surface area contributed by atoms with E-state index in [2.05, 4.69) is 39.0 Å². The van der Waals surface area contributed by atoms with E-state index in [0.29, 0.717) is 22.3 Å². The average Bonchev–Trinajstić information content (AvgIpc) is 3.18. The lowest BCUT2D eigenvalue weighted by molar-refractivity contribution is -0.111. The molecule has 1 aliphatic rings. The number of carbonyl (C=O) groups is 1. The molecule has 3 aromatic rings. The molecule has 1 aromatic heterocycles.